The summed E-state index contributed by atoms with van der Waals surface area (Å²) in [5.41, 5.74) is 2.52. The predicted molar refractivity (Wildman–Crippen MR) is 103 cm³/mol. The molecule has 0 aliphatic rings. The number of thiazole rings is 1. The number of aryl methyl sites for hydroxylation is 1. The van der Waals surface area contributed by atoms with Gasteiger partial charge in [0.1, 0.15) is 6.04 Å². The number of anilines is 1. The van der Waals surface area contributed by atoms with E-state index in [9.17, 15) is 4.79 Å². The zero-order chi connectivity index (χ0) is 19.2. The smallest absolute Gasteiger partial charge is 0.319 e. The molecule has 0 aliphatic carbocycles. The highest BCUT2D eigenvalue weighted by Crippen LogP contribution is 2.24. The number of benzene rings is 1. The molecule has 2 N–H and O–H groups in total. The van der Waals surface area contributed by atoms with Crippen LogP contribution in [0.25, 0.3) is 11.3 Å². The van der Waals surface area contributed by atoms with E-state index >= 15 is 0 Å². The molecular formula is C18H21N5O3S. The Bertz CT molecular complexity index is 908. The Hall–Kier alpha value is -2.78. The largest absolute Gasteiger partial charge is 0.384 e. The molecule has 8 nitrogen and oxygen atoms in total. The van der Waals surface area contributed by atoms with Gasteiger partial charge in [-0.05, 0) is 26.0 Å². The van der Waals surface area contributed by atoms with E-state index in [4.69, 9.17) is 9.26 Å². The summed E-state index contributed by atoms with van der Waals surface area (Å²) >= 11 is 1.59. The summed E-state index contributed by atoms with van der Waals surface area (Å²) in [6, 6.07) is 6.77. The van der Waals surface area contributed by atoms with Crippen molar-refractivity contribution < 1.29 is 14.1 Å². The predicted octanol–water partition coefficient (Wildman–Crippen LogP) is 3.57. The van der Waals surface area contributed by atoms with Gasteiger partial charge in [-0.15, -0.1) is 11.3 Å². The first kappa shape index (κ1) is 19.0. The van der Waals surface area contributed by atoms with E-state index < -0.39 is 6.04 Å². The molecule has 0 fully saturated rings. The van der Waals surface area contributed by atoms with Gasteiger partial charge in [0.25, 0.3) is 0 Å². The third kappa shape index (κ3) is 5.11. The first-order chi connectivity index (χ1) is 13.0. The van der Waals surface area contributed by atoms with Crippen LogP contribution >= 0.6 is 11.3 Å². The molecule has 3 aromatic rings. The molecule has 2 aromatic heterocycles. The maximum atomic E-state index is 12.3. The molecule has 0 bridgehead atoms. The van der Waals surface area contributed by atoms with E-state index in [1.165, 1.54) is 0 Å². The number of carbonyl (C=O) groups is 1. The average Bonchev–Trinajstić information content (AvgIpc) is 3.29. The Balaban J connectivity index is 1.59. The second-order valence-electron chi connectivity index (χ2n) is 5.94. The highest BCUT2D eigenvalue weighted by Gasteiger charge is 2.17. The van der Waals surface area contributed by atoms with Gasteiger partial charge in [0.15, 0.2) is 5.82 Å². The van der Waals surface area contributed by atoms with Crippen LogP contribution in [0.4, 0.5) is 10.5 Å². The summed E-state index contributed by atoms with van der Waals surface area (Å²) in [7, 11) is 1.61. The van der Waals surface area contributed by atoms with Crippen LogP contribution in [0.3, 0.4) is 0 Å². The van der Waals surface area contributed by atoms with Crippen LogP contribution in [0.1, 0.15) is 29.7 Å². The van der Waals surface area contributed by atoms with Gasteiger partial charge in [0.2, 0.25) is 5.89 Å². The molecule has 9 heteroatoms. The Morgan fingerprint density at radius 3 is 2.96 bits per heavy atom. The van der Waals surface area contributed by atoms with Gasteiger partial charge in [-0.2, -0.15) is 4.98 Å². The lowest BCUT2D eigenvalue weighted by atomic mass is 10.1. The summed E-state index contributed by atoms with van der Waals surface area (Å²) in [5.74, 6) is 0.898. The van der Waals surface area contributed by atoms with Crippen molar-refractivity contribution in [2.24, 2.45) is 0 Å². The standard InChI is InChI=1S/C18H21N5O3S/c1-11(17-22-16(23-26-17)7-8-25-3)19-18(24)21-14-6-4-5-13(9-14)15-10-27-12(2)20-15/h4-6,9-11H,7-8H2,1-3H3,(H2,19,21,24)/t11-/m1/s1. The number of hydrogen-bond donors (Lipinski definition) is 2. The van der Waals surface area contributed by atoms with Crippen molar-refractivity contribution in [3.8, 4) is 11.3 Å². The van der Waals surface area contributed by atoms with E-state index in [0.29, 0.717) is 30.4 Å². The monoisotopic (exact) mass is 387 g/mol. The highest BCUT2D eigenvalue weighted by atomic mass is 32.1. The molecule has 2 amide bonds. The van der Waals surface area contributed by atoms with Gasteiger partial charge in [0.05, 0.1) is 17.3 Å². The number of ether oxygens (including phenoxy) is 1. The zero-order valence-electron chi connectivity index (χ0n) is 15.4. The quantitative estimate of drug-likeness (QED) is 0.642. The van der Waals surface area contributed by atoms with Gasteiger partial charge < -0.3 is 19.9 Å². The van der Waals surface area contributed by atoms with E-state index in [1.54, 1.807) is 25.4 Å². The van der Waals surface area contributed by atoms with Crippen LogP contribution < -0.4 is 10.6 Å². The number of aromatic nitrogens is 3. The number of amides is 2. The zero-order valence-corrected chi connectivity index (χ0v) is 16.2. The normalized spacial score (nSPS) is 12.0. The summed E-state index contributed by atoms with van der Waals surface area (Å²) in [4.78, 5) is 21.0. The number of rotatable bonds is 7. The van der Waals surface area contributed by atoms with E-state index in [2.05, 4.69) is 25.8 Å². The second-order valence-corrected chi connectivity index (χ2v) is 7.01. The van der Waals surface area contributed by atoms with Gasteiger partial charge >= 0.3 is 6.03 Å². The van der Waals surface area contributed by atoms with Crippen molar-refractivity contribution in [1.82, 2.24) is 20.4 Å². The number of hydrogen-bond acceptors (Lipinski definition) is 7. The van der Waals surface area contributed by atoms with E-state index in [1.807, 2.05) is 36.6 Å². The minimum Gasteiger partial charge on any atom is -0.384 e. The molecule has 0 aliphatic heterocycles. The van der Waals surface area contributed by atoms with Crippen LogP contribution in [0, 0.1) is 6.92 Å². The molecular weight excluding hydrogens is 366 g/mol. The first-order valence-corrected chi connectivity index (χ1v) is 9.34. The third-order valence-corrected chi connectivity index (χ3v) is 4.54. The third-order valence-electron chi connectivity index (χ3n) is 3.77. The molecule has 1 atom stereocenters. The molecule has 0 saturated heterocycles. The van der Waals surface area contributed by atoms with Gasteiger partial charge in [-0.1, -0.05) is 17.3 Å². The number of urea groups is 1. The Morgan fingerprint density at radius 1 is 1.37 bits per heavy atom. The maximum absolute atomic E-state index is 12.3. The van der Waals surface area contributed by atoms with Crippen molar-refractivity contribution in [2.75, 3.05) is 19.0 Å². The fourth-order valence-electron chi connectivity index (χ4n) is 2.42. The number of nitrogens with one attached hydrogen (secondary N) is 2. The minimum absolute atomic E-state index is 0.350. The second kappa shape index (κ2) is 8.74. The van der Waals surface area contributed by atoms with Crippen LogP contribution in [-0.4, -0.2) is 34.9 Å². The molecule has 3 rings (SSSR count). The maximum Gasteiger partial charge on any atom is 0.319 e. The first-order valence-electron chi connectivity index (χ1n) is 8.46. The van der Waals surface area contributed by atoms with E-state index in [-0.39, 0.29) is 6.03 Å². The molecule has 0 saturated carbocycles. The molecule has 0 spiro atoms. The van der Waals surface area contributed by atoms with Crippen molar-refractivity contribution in [1.29, 1.82) is 0 Å². The molecule has 27 heavy (non-hydrogen) atoms. The number of carbonyl (C=O) groups excluding carboxylic acids is 1. The minimum atomic E-state index is -0.418. The lowest BCUT2D eigenvalue weighted by Gasteiger charge is -2.11. The van der Waals surface area contributed by atoms with Crippen molar-refractivity contribution in [2.45, 2.75) is 26.3 Å². The molecule has 0 radical (unpaired) electrons. The Labute approximate surface area is 161 Å². The fourth-order valence-corrected chi connectivity index (χ4v) is 3.04. The highest BCUT2D eigenvalue weighted by molar-refractivity contribution is 7.09. The Morgan fingerprint density at radius 2 is 2.22 bits per heavy atom. The fraction of sp³-hybridized carbons (Fsp3) is 0.333. The molecule has 0 unspecified atom stereocenters. The summed E-state index contributed by atoms with van der Waals surface area (Å²) in [6.07, 6.45) is 0.557. The topological polar surface area (TPSA) is 102 Å². The van der Waals surface area contributed by atoms with Crippen LogP contribution in [-0.2, 0) is 11.2 Å². The number of nitrogens with zero attached hydrogens (tertiary/aromatic N) is 3. The van der Waals surface area contributed by atoms with Crippen LogP contribution in [0.2, 0.25) is 0 Å². The molecule has 2 heterocycles. The lowest BCUT2D eigenvalue weighted by Crippen LogP contribution is -2.31. The van der Waals surface area contributed by atoms with Crippen LogP contribution in [0.15, 0.2) is 34.2 Å². The lowest BCUT2D eigenvalue weighted by molar-refractivity contribution is 0.199. The summed E-state index contributed by atoms with van der Waals surface area (Å²) < 4.78 is 10.2. The van der Waals surface area contributed by atoms with Crippen molar-refractivity contribution >= 4 is 23.1 Å². The van der Waals surface area contributed by atoms with Gasteiger partial charge in [-0.25, -0.2) is 9.78 Å². The van der Waals surface area contributed by atoms with Crippen molar-refractivity contribution in [3.05, 3.63) is 46.4 Å². The van der Waals surface area contributed by atoms with Gasteiger partial charge in [0, 0.05) is 30.2 Å². The number of methoxy groups -OCH3 is 1. The van der Waals surface area contributed by atoms with Gasteiger partial charge in [-0.3, -0.25) is 0 Å². The average molecular weight is 387 g/mol. The van der Waals surface area contributed by atoms with Crippen molar-refractivity contribution in [3.63, 3.8) is 0 Å². The SMILES string of the molecule is COCCc1noc([C@@H](C)NC(=O)Nc2cccc(-c3csc(C)n3)c2)n1. The molecule has 142 valence electrons. The summed E-state index contributed by atoms with van der Waals surface area (Å²) in [6.45, 7) is 4.25. The van der Waals surface area contributed by atoms with E-state index in [0.717, 1.165) is 16.3 Å². The summed E-state index contributed by atoms with van der Waals surface area (Å²) in [5, 5.41) is 12.5. The molecule has 1 aromatic carbocycles. The van der Waals surface area contributed by atoms with Crippen LogP contribution in [0.5, 0.6) is 0 Å². The Kier molecular flexibility index (Phi) is 6.15.